The summed E-state index contributed by atoms with van der Waals surface area (Å²) in [6, 6.07) is 10.4. The topological polar surface area (TPSA) is 56.4 Å². The van der Waals surface area contributed by atoms with Gasteiger partial charge in [0.15, 0.2) is 5.43 Å². The van der Waals surface area contributed by atoms with Gasteiger partial charge in [0.05, 0.1) is 0 Å². The molecule has 0 radical (unpaired) electrons. The largest absolute Gasteiger partial charge is 0.363 e. The Bertz CT molecular complexity index is 844. The van der Waals surface area contributed by atoms with Crippen LogP contribution in [0.25, 0.3) is 0 Å². The molecule has 5 heteroatoms. The van der Waals surface area contributed by atoms with Crippen LogP contribution < -0.4 is 5.43 Å². The van der Waals surface area contributed by atoms with E-state index in [1.54, 1.807) is 6.20 Å². The SMILES string of the molecule is CC[C@H]1CN(Cc2[nH]cc(C)c(=O)c2C)CCC(=O)N1Cc1ccccc1. The van der Waals surface area contributed by atoms with E-state index in [1.807, 2.05) is 36.9 Å². The minimum atomic E-state index is 0.104. The highest BCUT2D eigenvalue weighted by atomic mass is 16.2. The van der Waals surface area contributed by atoms with Gasteiger partial charge in [0.25, 0.3) is 0 Å². The van der Waals surface area contributed by atoms with Crippen LogP contribution in [0.2, 0.25) is 0 Å². The molecule has 5 nitrogen and oxygen atoms in total. The van der Waals surface area contributed by atoms with Gasteiger partial charge in [-0.05, 0) is 25.8 Å². The molecule has 1 aromatic carbocycles. The van der Waals surface area contributed by atoms with Gasteiger partial charge in [0.1, 0.15) is 0 Å². The first-order chi connectivity index (χ1) is 13.0. The number of hydrogen-bond donors (Lipinski definition) is 1. The molecule has 0 unspecified atom stereocenters. The van der Waals surface area contributed by atoms with Crippen molar-refractivity contribution in [1.29, 1.82) is 0 Å². The van der Waals surface area contributed by atoms with Crippen molar-refractivity contribution in [2.45, 2.75) is 52.7 Å². The fraction of sp³-hybridized carbons (Fsp3) is 0.455. The maximum absolute atomic E-state index is 12.8. The van der Waals surface area contributed by atoms with Gasteiger partial charge >= 0.3 is 0 Å². The van der Waals surface area contributed by atoms with Gasteiger partial charge in [-0.3, -0.25) is 14.5 Å². The Morgan fingerprint density at radius 3 is 2.56 bits per heavy atom. The molecule has 2 heterocycles. The zero-order valence-corrected chi connectivity index (χ0v) is 16.5. The van der Waals surface area contributed by atoms with E-state index in [-0.39, 0.29) is 17.4 Å². The van der Waals surface area contributed by atoms with Crippen LogP contribution in [0.3, 0.4) is 0 Å². The maximum Gasteiger partial charge on any atom is 0.224 e. The Labute approximate surface area is 161 Å². The Balaban J connectivity index is 1.76. The lowest BCUT2D eigenvalue weighted by atomic mass is 10.1. The highest BCUT2D eigenvalue weighted by Gasteiger charge is 2.29. The molecule has 0 aliphatic carbocycles. The standard InChI is InChI=1S/C22H29N3O2/c1-4-19-14-24(15-20-17(3)22(27)16(2)12-23-20)11-10-21(26)25(19)13-18-8-6-5-7-9-18/h5-9,12,19H,4,10-11,13-15H2,1-3H3,(H,23,27)/t19-/m0/s1. The van der Waals surface area contributed by atoms with Crippen molar-refractivity contribution in [3.05, 3.63) is 69.1 Å². The average Bonchev–Trinajstić information content (AvgIpc) is 2.83. The second-order valence-electron chi connectivity index (χ2n) is 7.46. The summed E-state index contributed by atoms with van der Waals surface area (Å²) >= 11 is 0. The van der Waals surface area contributed by atoms with E-state index in [1.165, 1.54) is 0 Å². The molecule has 0 bridgehead atoms. The Kier molecular flexibility index (Phi) is 6.11. The summed E-state index contributed by atoms with van der Waals surface area (Å²) in [6.45, 7) is 8.72. The number of carbonyl (C=O) groups is 1. The van der Waals surface area contributed by atoms with Crippen LogP contribution >= 0.6 is 0 Å². The molecular weight excluding hydrogens is 338 g/mol. The number of aromatic nitrogens is 1. The predicted octanol–water partition coefficient (Wildman–Crippen LogP) is 3.00. The number of nitrogens with zero attached hydrogens (tertiary/aromatic N) is 2. The molecular formula is C22H29N3O2. The van der Waals surface area contributed by atoms with Crippen LogP contribution in [0.5, 0.6) is 0 Å². The molecule has 144 valence electrons. The molecule has 1 aromatic heterocycles. The first-order valence-electron chi connectivity index (χ1n) is 9.73. The van der Waals surface area contributed by atoms with Crippen LogP contribution in [0.4, 0.5) is 0 Å². The Morgan fingerprint density at radius 1 is 1.11 bits per heavy atom. The van der Waals surface area contributed by atoms with Gasteiger partial charge in [-0.25, -0.2) is 0 Å². The maximum atomic E-state index is 12.8. The minimum absolute atomic E-state index is 0.104. The van der Waals surface area contributed by atoms with E-state index >= 15 is 0 Å². The smallest absolute Gasteiger partial charge is 0.224 e. The van der Waals surface area contributed by atoms with E-state index < -0.39 is 0 Å². The van der Waals surface area contributed by atoms with E-state index in [2.05, 4.69) is 28.9 Å². The fourth-order valence-electron chi connectivity index (χ4n) is 3.77. The number of pyridine rings is 1. The van der Waals surface area contributed by atoms with Crippen LogP contribution in [-0.2, 0) is 17.9 Å². The minimum Gasteiger partial charge on any atom is -0.363 e. The van der Waals surface area contributed by atoms with Crippen molar-refractivity contribution >= 4 is 5.91 Å². The van der Waals surface area contributed by atoms with Gasteiger partial charge in [0, 0.05) is 61.7 Å². The normalized spacial score (nSPS) is 18.6. The Morgan fingerprint density at radius 2 is 1.85 bits per heavy atom. The number of rotatable bonds is 5. The number of aromatic amines is 1. The monoisotopic (exact) mass is 367 g/mol. The van der Waals surface area contributed by atoms with Crippen LogP contribution in [0, 0.1) is 13.8 Å². The number of benzene rings is 1. The van der Waals surface area contributed by atoms with Gasteiger partial charge in [-0.1, -0.05) is 37.3 Å². The second kappa shape index (κ2) is 8.53. The zero-order chi connectivity index (χ0) is 19.4. The van der Waals surface area contributed by atoms with Crippen molar-refractivity contribution in [2.75, 3.05) is 13.1 Å². The molecule has 1 atom stereocenters. The number of H-pyrrole nitrogens is 1. The molecule has 0 spiro atoms. The summed E-state index contributed by atoms with van der Waals surface area (Å²) in [5.74, 6) is 0.210. The lowest BCUT2D eigenvalue weighted by Gasteiger charge is -2.31. The van der Waals surface area contributed by atoms with E-state index in [0.717, 1.165) is 41.9 Å². The zero-order valence-electron chi connectivity index (χ0n) is 16.5. The van der Waals surface area contributed by atoms with E-state index in [4.69, 9.17) is 0 Å². The summed E-state index contributed by atoms with van der Waals surface area (Å²) in [4.78, 5) is 32.6. The third kappa shape index (κ3) is 4.48. The summed E-state index contributed by atoms with van der Waals surface area (Å²) in [5.41, 5.74) is 3.73. The molecule has 2 aromatic rings. The molecule has 1 N–H and O–H groups in total. The molecule has 1 fully saturated rings. The lowest BCUT2D eigenvalue weighted by Crippen LogP contribution is -2.42. The van der Waals surface area contributed by atoms with Gasteiger partial charge in [-0.15, -0.1) is 0 Å². The van der Waals surface area contributed by atoms with Crippen molar-refractivity contribution in [3.63, 3.8) is 0 Å². The van der Waals surface area contributed by atoms with Crippen molar-refractivity contribution in [2.24, 2.45) is 0 Å². The van der Waals surface area contributed by atoms with Crippen LogP contribution in [0.1, 0.15) is 42.1 Å². The molecule has 27 heavy (non-hydrogen) atoms. The summed E-state index contributed by atoms with van der Waals surface area (Å²) < 4.78 is 0. The fourth-order valence-corrected chi connectivity index (χ4v) is 3.77. The summed E-state index contributed by atoms with van der Waals surface area (Å²) in [5, 5.41) is 0. The van der Waals surface area contributed by atoms with Gasteiger partial charge in [-0.2, -0.15) is 0 Å². The second-order valence-corrected chi connectivity index (χ2v) is 7.46. The first kappa shape index (κ1) is 19.4. The van der Waals surface area contributed by atoms with Crippen LogP contribution in [-0.4, -0.2) is 39.8 Å². The number of nitrogens with one attached hydrogen (secondary N) is 1. The highest BCUT2D eigenvalue weighted by Crippen LogP contribution is 2.19. The number of amides is 1. The van der Waals surface area contributed by atoms with Crippen molar-refractivity contribution in [1.82, 2.24) is 14.8 Å². The molecule has 1 saturated heterocycles. The predicted molar refractivity (Wildman–Crippen MR) is 108 cm³/mol. The molecule has 1 aliphatic rings. The van der Waals surface area contributed by atoms with Gasteiger partial charge in [0.2, 0.25) is 5.91 Å². The van der Waals surface area contributed by atoms with Crippen molar-refractivity contribution in [3.8, 4) is 0 Å². The quantitative estimate of drug-likeness (QED) is 0.884. The molecule has 3 rings (SSSR count). The van der Waals surface area contributed by atoms with Crippen molar-refractivity contribution < 1.29 is 4.79 Å². The number of aryl methyl sites for hydroxylation is 1. The van der Waals surface area contributed by atoms with E-state index in [9.17, 15) is 9.59 Å². The van der Waals surface area contributed by atoms with Crippen LogP contribution in [0.15, 0.2) is 41.3 Å². The first-order valence-corrected chi connectivity index (χ1v) is 9.73. The molecule has 1 aliphatic heterocycles. The van der Waals surface area contributed by atoms with E-state index in [0.29, 0.717) is 19.5 Å². The summed E-state index contributed by atoms with van der Waals surface area (Å²) in [6.07, 6.45) is 3.21. The summed E-state index contributed by atoms with van der Waals surface area (Å²) in [7, 11) is 0. The lowest BCUT2D eigenvalue weighted by molar-refractivity contribution is -0.133. The molecule has 1 amide bonds. The third-order valence-electron chi connectivity index (χ3n) is 5.53. The third-order valence-corrected chi connectivity index (χ3v) is 5.53. The average molecular weight is 367 g/mol. The highest BCUT2D eigenvalue weighted by molar-refractivity contribution is 5.77. The number of hydrogen-bond acceptors (Lipinski definition) is 3. The Hall–Kier alpha value is -2.40. The number of carbonyl (C=O) groups excluding carboxylic acids is 1. The van der Waals surface area contributed by atoms with Gasteiger partial charge < -0.3 is 9.88 Å². The molecule has 0 saturated carbocycles.